The molecule has 1 aliphatic rings. The standard InChI is InChI=1S/C20H22N2O4/c1-4-26-16-8-6-15(7-9-16)12-17-14(2)18(13-21)20(24)22(19(17)23)10-5-11-25-3/h6-9,12H,4-5,10-11H2,1-3H3/b17-12+. The Balaban J connectivity index is 2.38. The fourth-order valence-electron chi connectivity index (χ4n) is 2.69. The first-order valence-corrected chi connectivity index (χ1v) is 8.44. The highest BCUT2D eigenvalue weighted by molar-refractivity contribution is 6.19. The Bertz CT molecular complexity index is 785. The van der Waals surface area contributed by atoms with Crippen LogP contribution in [-0.4, -0.2) is 43.6 Å². The van der Waals surface area contributed by atoms with Crippen molar-refractivity contribution in [3.05, 3.63) is 46.5 Å². The summed E-state index contributed by atoms with van der Waals surface area (Å²) in [5.74, 6) is -0.197. The van der Waals surface area contributed by atoms with Gasteiger partial charge in [0.05, 0.1) is 6.61 Å². The molecule has 0 spiro atoms. The van der Waals surface area contributed by atoms with Gasteiger partial charge in [-0.3, -0.25) is 14.5 Å². The molecule has 2 amide bonds. The van der Waals surface area contributed by atoms with Crippen molar-refractivity contribution in [1.29, 1.82) is 5.26 Å². The zero-order chi connectivity index (χ0) is 19.1. The second-order valence-corrected chi connectivity index (χ2v) is 5.78. The molecule has 0 aliphatic carbocycles. The smallest absolute Gasteiger partial charge is 0.271 e. The third-order valence-corrected chi connectivity index (χ3v) is 4.06. The van der Waals surface area contributed by atoms with Crippen LogP contribution in [0.1, 0.15) is 25.8 Å². The highest BCUT2D eigenvalue weighted by Gasteiger charge is 2.34. The largest absolute Gasteiger partial charge is 0.494 e. The summed E-state index contributed by atoms with van der Waals surface area (Å²) in [5, 5.41) is 9.35. The van der Waals surface area contributed by atoms with Gasteiger partial charge in [0.1, 0.15) is 17.4 Å². The van der Waals surface area contributed by atoms with E-state index in [4.69, 9.17) is 9.47 Å². The van der Waals surface area contributed by atoms with Crippen LogP contribution in [0.5, 0.6) is 5.75 Å². The van der Waals surface area contributed by atoms with Crippen molar-refractivity contribution in [3.63, 3.8) is 0 Å². The van der Waals surface area contributed by atoms with Crippen LogP contribution in [-0.2, 0) is 14.3 Å². The van der Waals surface area contributed by atoms with Crippen molar-refractivity contribution in [2.45, 2.75) is 20.3 Å². The lowest BCUT2D eigenvalue weighted by Gasteiger charge is -2.27. The Kier molecular flexibility index (Phi) is 6.70. The number of hydrogen-bond donors (Lipinski definition) is 0. The minimum atomic E-state index is -0.546. The van der Waals surface area contributed by atoms with Gasteiger partial charge in [-0.1, -0.05) is 12.1 Å². The Morgan fingerprint density at radius 3 is 2.46 bits per heavy atom. The van der Waals surface area contributed by atoms with Crippen molar-refractivity contribution in [2.75, 3.05) is 26.9 Å². The zero-order valence-electron chi connectivity index (χ0n) is 15.2. The number of hydrogen-bond acceptors (Lipinski definition) is 5. The quantitative estimate of drug-likeness (QED) is 0.427. The Morgan fingerprint density at radius 1 is 1.19 bits per heavy atom. The highest BCUT2D eigenvalue weighted by Crippen LogP contribution is 2.27. The van der Waals surface area contributed by atoms with Gasteiger partial charge in [0.25, 0.3) is 11.8 Å². The predicted octanol–water partition coefficient (Wildman–Crippen LogP) is 2.71. The van der Waals surface area contributed by atoms with Crippen molar-refractivity contribution >= 4 is 17.9 Å². The van der Waals surface area contributed by atoms with Crippen molar-refractivity contribution in [3.8, 4) is 11.8 Å². The summed E-state index contributed by atoms with van der Waals surface area (Å²) in [4.78, 5) is 26.3. The van der Waals surface area contributed by atoms with Gasteiger partial charge in [-0.05, 0) is 49.6 Å². The third kappa shape index (κ3) is 4.19. The van der Waals surface area contributed by atoms with Crippen LogP contribution < -0.4 is 4.74 Å². The summed E-state index contributed by atoms with van der Waals surface area (Å²) < 4.78 is 10.4. The predicted molar refractivity (Wildman–Crippen MR) is 97.1 cm³/mol. The van der Waals surface area contributed by atoms with E-state index in [1.54, 1.807) is 20.1 Å². The molecule has 0 aromatic heterocycles. The number of nitrogens with zero attached hydrogens (tertiary/aromatic N) is 2. The lowest BCUT2D eigenvalue weighted by molar-refractivity contribution is -0.140. The molecule has 1 heterocycles. The molecule has 0 N–H and O–H groups in total. The third-order valence-electron chi connectivity index (χ3n) is 4.06. The monoisotopic (exact) mass is 354 g/mol. The number of amides is 2. The first kappa shape index (κ1) is 19.4. The SMILES string of the molecule is CCOc1ccc(/C=C2/C(=O)N(CCCOC)C(=O)C(C#N)=C2C)cc1. The van der Waals surface area contributed by atoms with E-state index in [0.29, 0.717) is 30.8 Å². The summed E-state index contributed by atoms with van der Waals surface area (Å²) in [6, 6.07) is 9.22. The Morgan fingerprint density at radius 2 is 1.88 bits per heavy atom. The van der Waals surface area contributed by atoms with Gasteiger partial charge >= 0.3 is 0 Å². The maximum atomic E-state index is 12.8. The van der Waals surface area contributed by atoms with E-state index in [9.17, 15) is 14.9 Å². The van der Waals surface area contributed by atoms with E-state index in [1.807, 2.05) is 37.3 Å². The second-order valence-electron chi connectivity index (χ2n) is 5.78. The number of ether oxygens (including phenoxy) is 2. The van der Waals surface area contributed by atoms with E-state index in [-0.39, 0.29) is 12.1 Å². The topological polar surface area (TPSA) is 79.6 Å². The number of benzene rings is 1. The molecule has 6 heteroatoms. The molecule has 1 aliphatic heterocycles. The Hall–Kier alpha value is -2.91. The zero-order valence-corrected chi connectivity index (χ0v) is 15.2. The second kappa shape index (κ2) is 8.97. The molecule has 0 saturated heterocycles. The van der Waals surface area contributed by atoms with Gasteiger partial charge in [0, 0.05) is 25.8 Å². The first-order valence-electron chi connectivity index (χ1n) is 8.44. The number of methoxy groups -OCH3 is 1. The van der Waals surface area contributed by atoms with E-state index < -0.39 is 11.8 Å². The average molecular weight is 354 g/mol. The lowest BCUT2D eigenvalue weighted by Crippen LogP contribution is -2.43. The molecule has 0 unspecified atom stereocenters. The maximum absolute atomic E-state index is 12.8. The molecule has 26 heavy (non-hydrogen) atoms. The molecule has 6 nitrogen and oxygen atoms in total. The van der Waals surface area contributed by atoms with E-state index in [0.717, 1.165) is 16.2 Å². The molecule has 0 atom stereocenters. The molecule has 0 saturated carbocycles. The van der Waals surface area contributed by atoms with Crippen LogP contribution in [0.2, 0.25) is 0 Å². The van der Waals surface area contributed by atoms with E-state index in [2.05, 4.69) is 0 Å². The molecule has 0 radical (unpaired) electrons. The van der Waals surface area contributed by atoms with Crippen molar-refractivity contribution < 1.29 is 19.1 Å². The van der Waals surface area contributed by atoms with Crippen LogP contribution in [0.4, 0.5) is 0 Å². The number of imide groups is 1. The minimum Gasteiger partial charge on any atom is -0.494 e. The van der Waals surface area contributed by atoms with E-state index >= 15 is 0 Å². The average Bonchev–Trinajstić information content (AvgIpc) is 2.64. The van der Waals surface area contributed by atoms with Crippen LogP contribution in [0.3, 0.4) is 0 Å². The summed E-state index contributed by atoms with van der Waals surface area (Å²) in [5.41, 5.74) is 1.54. The van der Waals surface area contributed by atoms with Gasteiger partial charge in [-0.2, -0.15) is 5.26 Å². The Labute approximate surface area is 153 Å². The normalized spacial score (nSPS) is 16.2. The first-order chi connectivity index (χ1) is 12.5. The van der Waals surface area contributed by atoms with Crippen molar-refractivity contribution in [1.82, 2.24) is 4.90 Å². The number of carbonyl (C=O) groups is 2. The number of carbonyl (C=O) groups excluding carboxylic acids is 2. The van der Waals surface area contributed by atoms with Crippen LogP contribution in [0.15, 0.2) is 41.0 Å². The van der Waals surface area contributed by atoms with Gasteiger partial charge < -0.3 is 9.47 Å². The summed E-state index contributed by atoms with van der Waals surface area (Å²) in [7, 11) is 1.56. The highest BCUT2D eigenvalue weighted by atomic mass is 16.5. The molecule has 1 aromatic rings. The molecule has 1 aromatic carbocycles. The maximum Gasteiger partial charge on any atom is 0.271 e. The van der Waals surface area contributed by atoms with Gasteiger partial charge in [-0.15, -0.1) is 0 Å². The molecular formula is C20H22N2O4. The minimum absolute atomic E-state index is 0.000738. The summed E-state index contributed by atoms with van der Waals surface area (Å²) >= 11 is 0. The fourth-order valence-corrected chi connectivity index (χ4v) is 2.69. The van der Waals surface area contributed by atoms with E-state index in [1.165, 1.54) is 0 Å². The van der Waals surface area contributed by atoms with Crippen molar-refractivity contribution in [2.24, 2.45) is 0 Å². The van der Waals surface area contributed by atoms with Crippen LogP contribution >= 0.6 is 0 Å². The molecular weight excluding hydrogens is 332 g/mol. The number of nitriles is 1. The van der Waals surface area contributed by atoms with Crippen LogP contribution in [0, 0.1) is 11.3 Å². The summed E-state index contributed by atoms with van der Waals surface area (Å²) in [6.07, 6.45) is 2.21. The fraction of sp³-hybridized carbons (Fsp3) is 0.350. The van der Waals surface area contributed by atoms with Crippen LogP contribution in [0.25, 0.3) is 6.08 Å². The van der Waals surface area contributed by atoms with Gasteiger partial charge in [-0.25, -0.2) is 0 Å². The summed E-state index contributed by atoms with van der Waals surface area (Å²) in [6.45, 7) is 4.75. The molecule has 0 bridgehead atoms. The molecule has 2 rings (SSSR count). The van der Waals surface area contributed by atoms with Gasteiger partial charge in [0.15, 0.2) is 0 Å². The lowest BCUT2D eigenvalue weighted by atomic mass is 9.93. The molecule has 0 fully saturated rings. The van der Waals surface area contributed by atoms with Gasteiger partial charge in [0.2, 0.25) is 0 Å². The number of rotatable bonds is 7. The molecule has 136 valence electrons.